The molecule has 0 radical (unpaired) electrons. The molecule has 4 rings (SSSR count). The van der Waals surface area contributed by atoms with Crippen LogP contribution >= 0.6 is 0 Å². The third-order valence-corrected chi connectivity index (χ3v) is 7.79. The van der Waals surface area contributed by atoms with Crippen molar-refractivity contribution in [3.63, 3.8) is 0 Å². The number of rotatable bonds is 9. The van der Waals surface area contributed by atoms with E-state index in [9.17, 15) is 17.9 Å². The fraction of sp³-hybridized carbons (Fsp3) is 0.308. The number of hydrogen-bond acceptors (Lipinski definition) is 5. The maximum atomic E-state index is 13.5. The van der Waals surface area contributed by atoms with Crippen LogP contribution in [-0.4, -0.2) is 68.2 Å². The number of sulfonamides is 1. The van der Waals surface area contributed by atoms with Crippen LogP contribution in [0.25, 0.3) is 0 Å². The Hall–Kier alpha value is -2.62. The van der Waals surface area contributed by atoms with Gasteiger partial charge in [0.15, 0.2) is 0 Å². The lowest BCUT2D eigenvalue weighted by Crippen LogP contribution is -2.50. The third kappa shape index (κ3) is 6.08. The van der Waals surface area contributed by atoms with E-state index in [1.807, 2.05) is 65.6 Å². The summed E-state index contributed by atoms with van der Waals surface area (Å²) in [6.45, 7) is 2.05. The van der Waals surface area contributed by atoms with Crippen LogP contribution in [0.5, 0.6) is 0 Å². The zero-order chi connectivity index (χ0) is 24.0. The van der Waals surface area contributed by atoms with Crippen molar-refractivity contribution in [3.05, 3.63) is 102 Å². The number of β-amino-alcohol motifs (C(OH)–C–C–N with tert-alkyl or cyclic N) is 1. The van der Waals surface area contributed by atoms with Crippen LogP contribution in [0, 0.1) is 5.82 Å². The van der Waals surface area contributed by atoms with Crippen LogP contribution in [0.15, 0.2) is 89.8 Å². The van der Waals surface area contributed by atoms with Gasteiger partial charge in [-0.15, -0.1) is 0 Å². The van der Waals surface area contributed by atoms with E-state index in [2.05, 4.69) is 0 Å². The van der Waals surface area contributed by atoms with Crippen molar-refractivity contribution < 1.29 is 22.7 Å². The Balaban J connectivity index is 1.31. The number of benzene rings is 3. The van der Waals surface area contributed by atoms with Gasteiger partial charge in [0.2, 0.25) is 10.0 Å². The molecule has 1 aliphatic rings. The van der Waals surface area contributed by atoms with E-state index in [0.717, 1.165) is 17.2 Å². The van der Waals surface area contributed by atoms with Crippen molar-refractivity contribution in [1.29, 1.82) is 0 Å². The zero-order valence-electron chi connectivity index (χ0n) is 18.8. The molecule has 1 heterocycles. The minimum Gasteiger partial charge on any atom is -0.389 e. The number of ether oxygens (including phenoxy) is 1. The van der Waals surface area contributed by atoms with Crippen molar-refractivity contribution >= 4 is 10.0 Å². The Morgan fingerprint density at radius 2 is 1.44 bits per heavy atom. The van der Waals surface area contributed by atoms with Crippen molar-refractivity contribution in [3.8, 4) is 0 Å². The lowest BCUT2D eigenvalue weighted by Gasteiger charge is -2.35. The van der Waals surface area contributed by atoms with E-state index in [0.29, 0.717) is 19.6 Å². The zero-order valence-corrected chi connectivity index (χ0v) is 19.6. The smallest absolute Gasteiger partial charge is 0.243 e. The third-order valence-electron chi connectivity index (χ3n) is 5.89. The maximum absolute atomic E-state index is 13.5. The van der Waals surface area contributed by atoms with Crippen LogP contribution in [0.1, 0.15) is 17.2 Å². The normalized spacial score (nSPS) is 16.6. The molecule has 0 amide bonds. The lowest BCUT2D eigenvalue weighted by atomic mass is 10.0. The Labute approximate surface area is 200 Å². The van der Waals surface area contributed by atoms with Crippen LogP contribution in [0.4, 0.5) is 4.39 Å². The summed E-state index contributed by atoms with van der Waals surface area (Å²) in [7, 11) is -3.74. The molecule has 1 saturated heterocycles. The van der Waals surface area contributed by atoms with Gasteiger partial charge >= 0.3 is 0 Å². The molecular formula is C26H29FN2O4S. The monoisotopic (exact) mass is 484 g/mol. The van der Waals surface area contributed by atoms with Crippen LogP contribution < -0.4 is 0 Å². The first-order chi connectivity index (χ1) is 16.4. The van der Waals surface area contributed by atoms with Gasteiger partial charge in [-0.3, -0.25) is 4.90 Å². The Bertz CT molecular complexity index is 1110. The maximum Gasteiger partial charge on any atom is 0.243 e. The summed E-state index contributed by atoms with van der Waals surface area (Å²) in [4.78, 5) is 1.98. The predicted molar refractivity (Wildman–Crippen MR) is 128 cm³/mol. The number of nitrogens with zero attached hydrogens (tertiary/aromatic N) is 2. The summed E-state index contributed by atoms with van der Waals surface area (Å²) in [5, 5.41) is 10.6. The first kappa shape index (κ1) is 24.5. The molecule has 0 unspecified atom stereocenters. The molecule has 8 heteroatoms. The van der Waals surface area contributed by atoms with Crippen LogP contribution in [0.3, 0.4) is 0 Å². The van der Waals surface area contributed by atoms with Gasteiger partial charge in [-0.05, 0) is 29.3 Å². The summed E-state index contributed by atoms with van der Waals surface area (Å²) >= 11 is 0. The molecule has 3 aromatic rings. The summed E-state index contributed by atoms with van der Waals surface area (Å²) in [6, 6.07) is 24.8. The molecule has 3 aromatic carbocycles. The highest BCUT2D eigenvalue weighted by molar-refractivity contribution is 7.89. The van der Waals surface area contributed by atoms with Gasteiger partial charge in [0.05, 0.1) is 17.6 Å². The number of aliphatic hydroxyl groups is 1. The van der Waals surface area contributed by atoms with Gasteiger partial charge in [0.1, 0.15) is 11.9 Å². The van der Waals surface area contributed by atoms with E-state index in [1.165, 1.54) is 22.5 Å². The molecular weight excluding hydrogens is 455 g/mol. The van der Waals surface area contributed by atoms with Gasteiger partial charge in [-0.2, -0.15) is 4.31 Å². The molecule has 6 nitrogen and oxygen atoms in total. The van der Waals surface area contributed by atoms with E-state index in [-0.39, 0.29) is 30.7 Å². The second-order valence-corrected chi connectivity index (χ2v) is 10.3. The van der Waals surface area contributed by atoms with Gasteiger partial charge < -0.3 is 9.84 Å². The number of hydrogen-bond donors (Lipinski definition) is 1. The molecule has 0 aliphatic carbocycles. The summed E-state index contributed by atoms with van der Waals surface area (Å²) in [6.07, 6.45) is -1.01. The lowest BCUT2D eigenvalue weighted by molar-refractivity contribution is -0.0117. The van der Waals surface area contributed by atoms with E-state index < -0.39 is 21.9 Å². The van der Waals surface area contributed by atoms with Crippen molar-refractivity contribution in [2.24, 2.45) is 0 Å². The second-order valence-electron chi connectivity index (χ2n) is 8.35. The molecule has 1 fully saturated rings. The number of piperazine rings is 1. The van der Waals surface area contributed by atoms with Crippen molar-refractivity contribution in [1.82, 2.24) is 9.21 Å². The Morgan fingerprint density at radius 1 is 0.853 bits per heavy atom. The molecule has 0 saturated carbocycles. The highest BCUT2D eigenvalue weighted by Crippen LogP contribution is 2.26. The molecule has 34 heavy (non-hydrogen) atoms. The Kier molecular flexibility index (Phi) is 8.07. The molecule has 0 spiro atoms. The van der Waals surface area contributed by atoms with Gasteiger partial charge in [0.25, 0.3) is 0 Å². The van der Waals surface area contributed by atoms with E-state index in [4.69, 9.17) is 4.74 Å². The number of aliphatic hydroxyl groups excluding tert-OH is 1. The first-order valence-corrected chi connectivity index (χ1v) is 12.7. The van der Waals surface area contributed by atoms with Crippen LogP contribution in [0.2, 0.25) is 0 Å². The topological polar surface area (TPSA) is 70.1 Å². The molecule has 1 N–H and O–H groups in total. The van der Waals surface area contributed by atoms with Gasteiger partial charge in [-0.1, -0.05) is 66.7 Å². The Morgan fingerprint density at radius 3 is 2.00 bits per heavy atom. The fourth-order valence-electron chi connectivity index (χ4n) is 4.13. The van der Waals surface area contributed by atoms with Crippen molar-refractivity contribution in [2.45, 2.75) is 17.1 Å². The number of halogens is 1. The summed E-state index contributed by atoms with van der Waals surface area (Å²) in [5.41, 5.74) is 2.02. The molecule has 0 bridgehead atoms. The highest BCUT2D eigenvalue weighted by atomic mass is 32.2. The summed E-state index contributed by atoms with van der Waals surface area (Å²) < 4.78 is 46.6. The SMILES string of the molecule is O=S(=O)(c1cccc(F)c1)N1CCN(C[C@H](O)COC(c2ccccc2)c2ccccc2)CC1. The first-order valence-electron chi connectivity index (χ1n) is 11.3. The largest absolute Gasteiger partial charge is 0.389 e. The van der Waals surface area contributed by atoms with Crippen molar-refractivity contribution in [2.75, 3.05) is 39.3 Å². The van der Waals surface area contributed by atoms with Gasteiger partial charge in [0, 0.05) is 32.7 Å². The van der Waals surface area contributed by atoms with E-state index in [1.54, 1.807) is 0 Å². The quantitative estimate of drug-likeness (QED) is 0.505. The molecule has 1 aliphatic heterocycles. The molecule has 180 valence electrons. The van der Waals surface area contributed by atoms with Crippen LogP contribution in [-0.2, 0) is 14.8 Å². The molecule has 0 aromatic heterocycles. The predicted octanol–water partition coefficient (Wildman–Crippen LogP) is 3.30. The summed E-state index contributed by atoms with van der Waals surface area (Å²) in [5.74, 6) is -0.577. The second kappa shape index (κ2) is 11.2. The minimum atomic E-state index is -3.74. The van der Waals surface area contributed by atoms with E-state index >= 15 is 0 Å². The molecule has 1 atom stereocenters. The fourth-order valence-corrected chi connectivity index (χ4v) is 5.58. The van der Waals surface area contributed by atoms with Gasteiger partial charge in [-0.25, -0.2) is 12.8 Å². The standard InChI is InChI=1S/C26H29FN2O4S/c27-23-12-7-13-25(18-23)34(31,32)29-16-14-28(15-17-29)19-24(30)20-33-26(21-8-3-1-4-9-21)22-10-5-2-6-11-22/h1-13,18,24,26,30H,14-17,19-20H2/t24-/m0/s1. The average molecular weight is 485 g/mol. The highest BCUT2D eigenvalue weighted by Gasteiger charge is 2.29. The minimum absolute atomic E-state index is 0.0396. The average Bonchev–Trinajstić information content (AvgIpc) is 2.86.